The van der Waals surface area contributed by atoms with E-state index >= 15 is 0 Å². The van der Waals surface area contributed by atoms with Gasteiger partial charge in [-0.3, -0.25) is 14.8 Å². The highest BCUT2D eigenvalue weighted by Crippen LogP contribution is 2.23. The highest BCUT2D eigenvalue weighted by molar-refractivity contribution is 7.92. The second kappa shape index (κ2) is 8.69. The first-order chi connectivity index (χ1) is 12.7. The number of amides is 1. The van der Waals surface area contributed by atoms with Crippen LogP contribution in [0.1, 0.15) is 19.5 Å². The zero-order valence-electron chi connectivity index (χ0n) is 16.5. The first-order valence-electron chi connectivity index (χ1n) is 8.98. The molecule has 1 aliphatic rings. The molecule has 0 radical (unpaired) electrons. The summed E-state index contributed by atoms with van der Waals surface area (Å²) in [7, 11) is 0.269. The molecule has 150 valence electrons. The number of nitrogens with one attached hydrogen (secondary N) is 1. The topological polar surface area (TPSA) is 95.0 Å². The van der Waals surface area contributed by atoms with Gasteiger partial charge in [0, 0.05) is 52.0 Å². The van der Waals surface area contributed by atoms with E-state index in [1.807, 2.05) is 23.1 Å². The van der Waals surface area contributed by atoms with E-state index in [2.05, 4.69) is 15.3 Å². The fraction of sp³-hybridized carbons (Fsp3) is 0.611. The van der Waals surface area contributed by atoms with Gasteiger partial charge in [-0.25, -0.2) is 8.42 Å². The lowest BCUT2D eigenvalue weighted by Crippen LogP contribution is -2.58. The summed E-state index contributed by atoms with van der Waals surface area (Å²) < 4.78 is 23.5. The van der Waals surface area contributed by atoms with Crippen LogP contribution in [0.4, 0.5) is 0 Å². The van der Waals surface area contributed by atoms with Crippen molar-refractivity contribution < 1.29 is 13.2 Å². The zero-order chi connectivity index (χ0) is 20.1. The lowest BCUT2D eigenvalue weighted by molar-refractivity contribution is -0.128. The van der Waals surface area contributed by atoms with Gasteiger partial charge >= 0.3 is 0 Å². The minimum Gasteiger partial charge on any atom is -0.347 e. The zero-order valence-corrected chi connectivity index (χ0v) is 17.3. The van der Waals surface area contributed by atoms with Crippen molar-refractivity contribution >= 4 is 21.7 Å². The van der Waals surface area contributed by atoms with E-state index < -0.39 is 14.6 Å². The van der Waals surface area contributed by atoms with Gasteiger partial charge < -0.3 is 15.1 Å². The maximum absolute atomic E-state index is 12.4. The molecular formula is C18H29N5O3S. The molecule has 27 heavy (non-hydrogen) atoms. The maximum Gasteiger partial charge on any atom is 0.241 e. The third-order valence-corrected chi connectivity index (χ3v) is 7.34. The Morgan fingerprint density at radius 2 is 2.15 bits per heavy atom. The molecule has 1 aromatic rings. The van der Waals surface area contributed by atoms with Crippen molar-refractivity contribution in [3.63, 3.8) is 0 Å². The Balaban J connectivity index is 1.85. The van der Waals surface area contributed by atoms with E-state index in [0.717, 1.165) is 5.69 Å². The minimum atomic E-state index is -3.12. The number of aromatic nitrogens is 1. The molecular weight excluding hydrogens is 366 g/mol. The number of sulfone groups is 1. The SMILES string of the molecule is CN=C(NCC(=O)N(C)CCc1ccccn1)N1CCS(=O)(=O)C(C)(C)C1. The van der Waals surface area contributed by atoms with Crippen molar-refractivity contribution in [1.82, 2.24) is 20.1 Å². The fourth-order valence-corrected chi connectivity index (χ4v) is 4.27. The monoisotopic (exact) mass is 395 g/mol. The molecule has 0 spiro atoms. The fourth-order valence-electron chi connectivity index (χ4n) is 2.90. The first-order valence-corrected chi connectivity index (χ1v) is 10.6. The van der Waals surface area contributed by atoms with Crippen LogP contribution >= 0.6 is 0 Å². The van der Waals surface area contributed by atoms with E-state index in [0.29, 0.717) is 32.0 Å². The predicted octanol–water partition coefficient (Wildman–Crippen LogP) is 0.167. The van der Waals surface area contributed by atoms with Crippen LogP contribution in [0.5, 0.6) is 0 Å². The molecule has 2 rings (SSSR count). The average Bonchev–Trinajstić information content (AvgIpc) is 2.63. The van der Waals surface area contributed by atoms with Gasteiger partial charge in [-0.05, 0) is 26.0 Å². The molecule has 1 amide bonds. The van der Waals surface area contributed by atoms with Crippen LogP contribution in [-0.4, -0.2) is 85.8 Å². The van der Waals surface area contributed by atoms with Gasteiger partial charge in [0.25, 0.3) is 0 Å². The van der Waals surface area contributed by atoms with Crippen LogP contribution in [0.3, 0.4) is 0 Å². The van der Waals surface area contributed by atoms with E-state index in [-0.39, 0.29) is 18.2 Å². The molecule has 1 aliphatic heterocycles. The van der Waals surface area contributed by atoms with Crippen molar-refractivity contribution in [2.45, 2.75) is 25.0 Å². The molecule has 0 saturated carbocycles. The highest BCUT2D eigenvalue weighted by atomic mass is 32.2. The summed E-state index contributed by atoms with van der Waals surface area (Å²) in [6.45, 7) is 4.84. The van der Waals surface area contributed by atoms with E-state index in [4.69, 9.17) is 0 Å². The Morgan fingerprint density at radius 3 is 2.74 bits per heavy atom. The largest absolute Gasteiger partial charge is 0.347 e. The van der Waals surface area contributed by atoms with Crippen LogP contribution < -0.4 is 5.32 Å². The number of rotatable bonds is 5. The molecule has 9 heteroatoms. The second-order valence-corrected chi connectivity index (χ2v) is 10.0. The van der Waals surface area contributed by atoms with Gasteiger partial charge in [0.1, 0.15) is 0 Å². The first kappa shape index (κ1) is 21.1. The van der Waals surface area contributed by atoms with Gasteiger partial charge in [0.15, 0.2) is 15.8 Å². The van der Waals surface area contributed by atoms with E-state index in [9.17, 15) is 13.2 Å². The van der Waals surface area contributed by atoms with Crippen LogP contribution in [0, 0.1) is 0 Å². The molecule has 0 atom stereocenters. The normalized spacial score (nSPS) is 18.8. The van der Waals surface area contributed by atoms with Crippen LogP contribution in [0.2, 0.25) is 0 Å². The van der Waals surface area contributed by atoms with Gasteiger partial charge in [-0.15, -0.1) is 0 Å². The Bertz CT molecular complexity index is 777. The number of hydrogen-bond acceptors (Lipinski definition) is 5. The molecule has 1 saturated heterocycles. The van der Waals surface area contributed by atoms with Crippen molar-refractivity contribution in [3.05, 3.63) is 30.1 Å². The van der Waals surface area contributed by atoms with Gasteiger partial charge in [0.05, 0.1) is 17.0 Å². The second-order valence-electron chi connectivity index (χ2n) is 7.29. The number of nitrogens with zero attached hydrogens (tertiary/aromatic N) is 4. The number of guanidine groups is 1. The Kier molecular flexibility index (Phi) is 6.80. The number of carbonyl (C=O) groups excluding carboxylic acids is 1. The molecule has 0 aliphatic carbocycles. The summed E-state index contributed by atoms with van der Waals surface area (Å²) in [6.07, 6.45) is 2.43. The summed E-state index contributed by atoms with van der Waals surface area (Å²) in [5.74, 6) is 0.568. The molecule has 1 aromatic heterocycles. The standard InChI is InChI=1S/C18H29N5O3S/c1-18(2)14-23(11-12-27(18,25)26)17(19-3)21-13-16(24)22(4)10-8-15-7-5-6-9-20-15/h5-7,9H,8,10-14H2,1-4H3,(H,19,21). The summed E-state index contributed by atoms with van der Waals surface area (Å²) >= 11 is 0. The van der Waals surface area contributed by atoms with Crippen molar-refractivity contribution in [2.75, 3.05) is 46.0 Å². The van der Waals surface area contributed by atoms with Gasteiger partial charge in [0.2, 0.25) is 5.91 Å². The number of likely N-dealkylation sites (N-methyl/N-ethyl adjacent to an activating group) is 1. The summed E-state index contributed by atoms with van der Waals surface area (Å²) in [5.41, 5.74) is 0.942. The van der Waals surface area contributed by atoms with E-state index in [1.54, 1.807) is 39.0 Å². The molecule has 0 bridgehead atoms. The van der Waals surface area contributed by atoms with Crippen LogP contribution in [0.15, 0.2) is 29.4 Å². The molecule has 1 N–H and O–H groups in total. The Hall–Kier alpha value is -2.16. The van der Waals surface area contributed by atoms with Crippen molar-refractivity contribution in [3.8, 4) is 0 Å². The van der Waals surface area contributed by atoms with Crippen molar-refractivity contribution in [1.29, 1.82) is 0 Å². The van der Waals surface area contributed by atoms with Gasteiger partial charge in [-0.1, -0.05) is 6.07 Å². The minimum absolute atomic E-state index is 0.0593. The van der Waals surface area contributed by atoms with Crippen LogP contribution in [-0.2, 0) is 21.1 Å². The maximum atomic E-state index is 12.4. The summed E-state index contributed by atoms with van der Waals surface area (Å²) in [4.78, 5) is 24.4. The number of hydrogen-bond donors (Lipinski definition) is 1. The average molecular weight is 396 g/mol. The summed E-state index contributed by atoms with van der Waals surface area (Å²) in [5, 5.41) is 3.06. The molecule has 0 aromatic carbocycles. The lowest BCUT2D eigenvalue weighted by Gasteiger charge is -2.39. The van der Waals surface area contributed by atoms with Crippen molar-refractivity contribution in [2.24, 2.45) is 4.99 Å². The lowest BCUT2D eigenvalue weighted by atomic mass is 10.2. The molecule has 8 nitrogen and oxygen atoms in total. The molecule has 0 unspecified atom stereocenters. The number of pyridine rings is 1. The number of aliphatic imine (C=N–C) groups is 1. The Morgan fingerprint density at radius 1 is 1.41 bits per heavy atom. The molecule has 2 heterocycles. The number of carbonyl (C=O) groups is 1. The highest BCUT2D eigenvalue weighted by Gasteiger charge is 2.41. The third kappa shape index (κ3) is 5.41. The quantitative estimate of drug-likeness (QED) is 0.564. The van der Waals surface area contributed by atoms with Crippen LogP contribution in [0.25, 0.3) is 0 Å². The smallest absolute Gasteiger partial charge is 0.241 e. The van der Waals surface area contributed by atoms with E-state index in [1.165, 1.54) is 0 Å². The summed E-state index contributed by atoms with van der Waals surface area (Å²) in [6, 6.07) is 5.72. The third-order valence-electron chi connectivity index (χ3n) is 4.81. The molecule has 1 fully saturated rings. The Labute approximate surface area is 161 Å². The predicted molar refractivity (Wildman–Crippen MR) is 106 cm³/mol. The van der Waals surface area contributed by atoms with Gasteiger partial charge in [-0.2, -0.15) is 0 Å².